The van der Waals surface area contributed by atoms with E-state index in [-0.39, 0.29) is 12.0 Å². The van der Waals surface area contributed by atoms with Gasteiger partial charge < -0.3 is 15.2 Å². The maximum atomic E-state index is 9.62. The molecule has 0 atom stereocenters. The molecule has 0 bridgehead atoms. The first-order chi connectivity index (χ1) is 8.35. The quantitative estimate of drug-likeness (QED) is 0.808. The molecule has 0 amide bonds. The Bertz CT molecular complexity index is 215. The van der Waals surface area contributed by atoms with Crippen LogP contribution in [0.25, 0.3) is 0 Å². The van der Waals surface area contributed by atoms with E-state index in [1.54, 1.807) is 0 Å². The highest BCUT2D eigenvalue weighted by atomic mass is 32.2. The van der Waals surface area contributed by atoms with Crippen LogP contribution in [-0.4, -0.2) is 60.5 Å². The second kappa shape index (κ2) is 7.24. The van der Waals surface area contributed by atoms with Crippen LogP contribution in [-0.2, 0) is 4.74 Å². The van der Waals surface area contributed by atoms with E-state index in [1.165, 1.54) is 23.0 Å². The molecule has 0 saturated carbocycles. The SMILES string of the molecule is OCC1(CNC2CSCCSC2)CCOCC1. The topological polar surface area (TPSA) is 41.5 Å². The second-order valence-electron chi connectivity index (χ2n) is 5.00. The van der Waals surface area contributed by atoms with Crippen molar-refractivity contribution < 1.29 is 9.84 Å². The molecule has 5 heteroatoms. The fraction of sp³-hybridized carbons (Fsp3) is 1.00. The number of aliphatic hydroxyl groups is 1. The summed E-state index contributed by atoms with van der Waals surface area (Å²) in [5.74, 6) is 4.99. The predicted molar refractivity (Wildman–Crippen MR) is 76.0 cm³/mol. The van der Waals surface area contributed by atoms with Gasteiger partial charge in [0, 0.05) is 54.2 Å². The maximum absolute atomic E-state index is 9.62. The minimum Gasteiger partial charge on any atom is -0.396 e. The summed E-state index contributed by atoms with van der Waals surface area (Å²) in [6.07, 6.45) is 1.98. The first-order valence-corrected chi connectivity index (χ1v) is 8.73. The van der Waals surface area contributed by atoms with Gasteiger partial charge >= 0.3 is 0 Å². The van der Waals surface area contributed by atoms with Crippen LogP contribution in [0.15, 0.2) is 0 Å². The van der Waals surface area contributed by atoms with E-state index in [0.717, 1.165) is 32.6 Å². The Labute approximate surface area is 112 Å². The minimum absolute atomic E-state index is 0.0693. The Morgan fingerprint density at radius 3 is 2.41 bits per heavy atom. The average molecular weight is 277 g/mol. The van der Waals surface area contributed by atoms with Crippen LogP contribution in [0.4, 0.5) is 0 Å². The Hall–Kier alpha value is 0.580. The molecule has 0 aromatic heterocycles. The summed E-state index contributed by atoms with van der Waals surface area (Å²) in [5.41, 5.74) is 0.0693. The zero-order valence-electron chi connectivity index (χ0n) is 10.3. The molecule has 2 aliphatic heterocycles. The number of hydrogen-bond acceptors (Lipinski definition) is 5. The minimum atomic E-state index is 0.0693. The van der Waals surface area contributed by atoms with E-state index in [4.69, 9.17) is 4.74 Å². The molecule has 2 N–H and O–H groups in total. The van der Waals surface area contributed by atoms with Crippen molar-refractivity contribution in [1.82, 2.24) is 5.32 Å². The van der Waals surface area contributed by atoms with Gasteiger partial charge in [-0.25, -0.2) is 0 Å². The second-order valence-corrected chi connectivity index (χ2v) is 7.30. The highest BCUT2D eigenvalue weighted by Crippen LogP contribution is 2.29. The number of aliphatic hydroxyl groups excluding tert-OH is 1. The van der Waals surface area contributed by atoms with E-state index in [9.17, 15) is 5.11 Å². The van der Waals surface area contributed by atoms with Gasteiger partial charge in [0.05, 0.1) is 6.61 Å². The Morgan fingerprint density at radius 1 is 1.18 bits per heavy atom. The lowest BCUT2D eigenvalue weighted by atomic mass is 9.81. The summed E-state index contributed by atoms with van der Waals surface area (Å²) in [4.78, 5) is 0. The lowest BCUT2D eigenvalue weighted by molar-refractivity contribution is -0.0159. The number of ether oxygens (including phenoxy) is 1. The van der Waals surface area contributed by atoms with Crippen LogP contribution in [0.1, 0.15) is 12.8 Å². The molecule has 2 rings (SSSR count). The van der Waals surface area contributed by atoms with Crippen molar-refractivity contribution >= 4 is 23.5 Å². The van der Waals surface area contributed by atoms with Gasteiger partial charge in [0.1, 0.15) is 0 Å². The van der Waals surface area contributed by atoms with Crippen LogP contribution in [0.2, 0.25) is 0 Å². The van der Waals surface area contributed by atoms with Crippen molar-refractivity contribution in [2.24, 2.45) is 5.41 Å². The van der Waals surface area contributed by atoms with Crippen molar-refractivity contribution in [3.05, 3.63) is 0 Å². The molecular weight excluding hydrogens is 254 g/mol. The summed E-state index contributed by atoms with van der Waals surface area (Å²) < 4.78 is 5.39. The van der Waals surface area contributed by atoms with Gasteiger partial charge in [0.25, 0.3) is 0 Å². The molecule has 0 radical (unpaired) electrons. The molecule has 17 heavy (non-hydrogen) atoms. The van der Waals surface area contributed by atoms with Crippen molar-refractivity contribution in [2.75, 3.05) is 49.4 Å². The van der Waals surface area contributed by atoms with Gasteiger partial charge in [0.15, 0.2) is 0 Å². The van der Waals surface area contributed by atoms with Crippen LogP contribution in [0.3, 0.4) is 0 Å². The van der Waals surface area contributed by atoms with Gasteiger partial charge in [-0.1, -0.05) is 0 Å². The Kier molecular flexibility index (Phi) is 5.96. The zero-order valence-corrected chi connectivity index (χ0v) is 12.0. The van der Waals surface area contributed by atoms with Gasteiger partial charge in [-0.15, -0.1) is 0 Å². The van der Waals surface area contributed by atoms with Gasteiger partial charge in [-0.3, -0.25) is 0 Å². The van der Waals surface area contributed by atoms with E-state index in [0.29, 0.717) is 6.04 Å². The highest BCUT2D eigenvalue weighted by molar-refractivity contribution is 8.03. The summed E-state index contributed by atoms with van der Waals surface area (Å²) >= 11 is 4.09. The third-order valence-electron chi connectivity index (χ3n) is 3.66. The monoisotopic (exact) mass is 277 g/mol. The van der Waals surface area contributed by atoms with E-state index in [2.05, 4.69) is 5.32 Å². The molecule has 2 aliphatic rings. The summed E-state index contributed by atoms with van der Waals surface area (Å²) in [6, 6.07) is 0.610. The number of hydrogen-bond donors (Lipinski definition) is 2. The first-order valence-electron chi connectivity index (χ1n) is 6.42. The maximum Gasteiger partial charge on any atom is 0.0501 e. The summed E-state index contributed by atoms with van der Waals surface area (Å²) in [7, 11) is 0. The van der Waals surface area contributed by atoms with Crippen LogP contribution in [0.5, 0.6) is 0 Å². The fourth-order valence-corrected chi connectivity index (χ4v) is 4.76. The standard InChI is InChI=1S/C12H23NO2S2/c14-10-12(1-3-15-4-2-12)9-13-11-7-16-5-6-17-8-11/h11,13-14H,1-10H2. The third-order valence-corrected chi connectivity index (χ3v) is 6.18. The molecule has 0 aromatic rings. The van der Waals surface area contributed by atoms with Crippen molar-refractivity contribution in [3.63, 3.8) is 0 Å². The molecule has 2 saturated heterocycles. The lowest BCUT2D eigenvalue weighted by Crippen LogP contribution is -2.46. The molecule has 0 spiro atoms. The van der Waals surface area contributed by atoms with Crippen molar-refractivity contribution in [1.29, 1.82) is 0 Å². The number of thioether (sulfide) groups is 2. The highest BCUT2D eigenvalue weighted by Gasteiger charge is 2.32. The Morgan fingerprint density at radius 2 is 1.82 bits per heavy atom. The molecular formula is C12H23NO2S2. The first kappa shape index (κ1) is 14.0. The molecule has 100 valence electrons. The van der Waals surface area contributed by atoms with E-state index in [1.807, 2.05) is 23.5 Å². The molecule has 0 unspecified atom stereocenters. The number of rotatable bonds is 4. The van der Waals surface area contributed by atoms with Crippen LogP contribution in [0, 0.1) is 5.41 Å². The predicted octanol–water partition coefficient (Wildman–Crippen LogP) is 1.21. The van der Waals surface area contributed by atoms with Crippen LogP contribution < -0.4 is 5.32 Å². The van der Waals surface area contributed by atoms with Crippen molar-refractivity contribution in [3.8, 4) is 0 Å². The molecule has 0 aliphatic carbocycles. The molecule has 2 heterocycles. The fourth-order valence-electron chi connectivity index (χ4n) is 2.29. The third kappa shape index (κ3) is 4.31. The molecule has 0 aromatic carbocycles. The largest absolute Gasteiger partial charge is 0.396 e. The normalized spacial score (nSPS) is 26.6. The van der Waals surface area contributed by atoms with Crippen LogP contribution >= 0.6 is 23.5 Å². The molecule has 3 nitrogen and oxygen atoms in total. The van der Waals surface area contributed by atoms with Gasteiger partial charge in [-0.05, 0) is 12.8 Å². The average Bonchev–Trinajstić information content (AvgIpc) is 2.66. The smallest absolute Gasteiger partial charge is 0.0501 e. The Balaban J connectivity index is 1.77. The van der Waals surface area contributed by atoms with E-state index >= 15 is 0 Å². The van der Waals surface area contributed by atoms with Gasteiger partial charge in [0.2, 0.25) is 0 Å². The van der Waals surface area contributed by atoms with Gasteiger partial charge in [-0.2, -0.15) is 23.5 Å². The molecule has 2 fully saturated rings. The summed E-state index contributed by atoms with van der Waals surface area (Å²) in [6.45, 7) is 2.84. The summed E-state index contributed by atoms with van der Waals surface area (Å²) in [5, 5.41) is 13.3. The lowest BCUT2D eigenvalue weighted by Gasteiger charge is -2.36. The number of nitrogens with one attached hydrogen (secondary N) is 1. The van der Waals surface area contributed by atoms with Crippen molar-refractivity contribution in [2.45, 2.75) is 18.9 Å². The van der Waals surface area contributed by atoms with E-state index < -0.39 is 0 Å². The zero-order chi connectivity index (χ0) is 12.0.